The smallest absolute Gasteiger partial charge is 0.326 e. The van der Waals surface area contributed by atoms with Gasteiger partial charge < -0.3 is 10.1 Å². The normalized spacial score (nSPS) is 22.6. The summed E-state index contributed by atoms with van der Waals surface area (Å²) in [7, 11) is 0. The minimum Gasteiger partial charge on any atom is -0.451 e. The molecule has 0 aromatic carbocycles. The van der Waals surface area contributed by atoms with Crippen LogP contribution in [0.25, 0.3) is 0 Å². The molecule has 0 unspecified atom stereocenters. The molecule has 2 fully saturated rings. The van der Waals surface area contributed by atoms with Crippen LogP contribution in [0.4, 0.5) is 5.82 Å². The van der Waals surface area contributed by atoms with Gasteiger partial charge in [-0.3, -0.25) is 24.1 Å². The molecule has 3 rings (SSSR count). The van der Waals surface area contributed by atoms with Crippen molar-refractivity contribution in [3.8, 4) is 0 Å². The van der Waals surface area contributed by atoms with Crippen LogP contribution < -0.4 is 5.32 Å². The number of fused-ring (bicyclic) bond motifs is 1. The van der Waals surface area contributed by atoms with Gasteiger partial charge in [0, 0.05) is 6.20 Å². The van der Waals surface area contributed by atoms with Gasteiger partial charge in [0.25, 0.3) is 5.91 Å². The van der Waals surface area contributed by atoms with E-state index in [1.54, 1.807) is 0 Å². The summed E-state index contributed by atoms with van der Waals surface area (Å²) < 4.78 is 5.07. The molecule has 1 saturated carbocycles. The Morgan fingerprint density at radius 3 is 2.43 bits per heavy atom. The highest BCUT2D eigenvalue weighted by Gasteiger charge is 2.48. The predicted molar refractivity (Wildman–Crippen MR) is 101 cm³/mol. The topological polar surface area (TPSA) is 106 Å². The summed E-state index contributed by atoms with van der Waals surface area (Å²) in [6.07, 6.45) is 3.26. The molecular weight excluding hydrogens is 409 g/mol. The number of aromatic nitrogens is 1. The molecule has 1 aliphatic heterocycles. The Bertz CT molecular complexity index is 807. The molecule has 3 atom stereocenters. The SMILES string of the molecule is C[C@H](OC(=O)CN1C(=O)[C@H]2CCCC[C@H]2C1=O)C(=O)Nc1ncc(Cl)cc1Cl. The molecule has 2 heterocycles. The number of anilines is 1. The average molecular weight is 428 g/mol. The lowest BCUT2D eigenvalue weighted by Gasteiger charge is -2.19. The van der Waals surface area contributed by atoms with Crippen molar-refractivity contribution in [2.75, 3.05) is 11.9 Å². The monoisotopic (exact) mass is 427 g/mol. The van der Waals surface area contributed by atoms with Gasteiger partial charge in [-0.25, -0.2) is 4.98 Å². The van der Waals surface area contributed by atoms with Gasteiger partial charge in [-0.1, -0.05) is 36.0 Å². The second-order valence-electron chi connectivity index (χ2n) is 6.87. The highest BCUT2D eigenvalue weighted by molar-refractivity contribution is 6.36. The lowest BCUT2D eigenvalue weighted by molar-refractivity contribution is -0.158. The van der Waals surface area contributed by atoms with Crippen LogP contribution in [0.1, 0.15) is 32.6 Å². The average Bonchev–Trinajstić information content (AvgIpc) is 2.89. The van der Waals surface area contributed by atoms with E-state index in [9.17, 15) is 19.2 Å². The van der Waals surface area contributed by atoms with E-state index >= 15 is 0 Å². The Morgan fingerprint density at radius 2 is 1.86 bits per heavy atom. The van der Waals surface area contributed by atoms with Crippen LogP contribution in [-0.2, 0) is 23.9 Å². The van der Waals surface area contributed by atoms with Gasteiger partial charge in [0.15, 0.2) is 11.9 Å². The van der Waals surface area contributed by atoms with Crippen molar-refractivity contribution in [3.05, 3.63) is 22.3 Å². The molecule has 1 aromatic heterocycles. The highest BCUT2D eigenvalue weighted by atomic mass is 35.5. The fourth-order valence-corrected chi connectivity index (χ4v) is 3.96. The van der Waals surface area contributed by atoms with Gasteiger partial charge in [-0.05, 0) is 25.8 Å². The summed E-state index contributed by atoms with van der Waals surface area (Å²) in [5.41, 5.74) is 0. The largest absolute Gasteiger partial charge is 0.451 e. The maximum Gasteiger partial charge on any atom is 0.326 e. The summed E-state index contributed by atoms with van der Waals surface area (Å²) in [5.74, 6) is -2.76. The maximum atomic E-state index is 12.4. The second kappa shape index (κ2) is 8.45. The number of nitrogens with one attached hydrogen (secondary N) is 1. The first-order valence-electron chi connectivity index (χ1n) is 8.94. The number of nitrogens with zero attached hydrogens (tertiary/aromatic N) is 2. The van der Waals surface area contributed by atoms with E-state index in [0.717, 1.165) is 17.7 Å². The van der Waals surface area contributed by atoms with E-state index in [1.807, 2.05) is 0 Å². The van der Waals surface area contributed by atoms with Crippen molar-refractivity contribution >= 4 is 52.7 Å². The highest BCUT2D eigenvalue weighted by Crippen LogP contribution is 2.37. The van der Waals surface area contributed by atoms with Crippen molar-refractivity contribution in [1.82, 2.24) is 9.88 Å². The molecule has 1 saturated heterocycles. The number of imide groups is 1. The van der Waals surface area contributed by atoms with E-state index in [2.05, 4.69) is 10.3 Å². The van der Waals surface area contributed by atoms with Crippen molar-refractivity contribution in [2.24, 2.45) is 11.8 Å². The Labute approximate surface area is 171 Å². The van der Waals surface area contributed by atoms with Crippen LogP contribution in [0.5, 0.6) is 0 Å². The van der Waals surface area contributed by atoms with Crippen molar-refractivity contribution in [2.45, 2.75) is 38.7 Å². The second-order valence-corrected chi connectivity index (χ2v) is 7.71. The molecule has 28 heavy (non-hydrogen) atoms. The standard InChI is InChI=1S/C18H19Cl2N3O5/c1-9(16(25)22-15-13(20)6-10(19)7-21-15)28-14(24)8-23-17(26)11-4-2-3-5-12(11)18(23)27/h6-7,9,11-12H,2-5,8H2,1H3,(H,21,22,25)/t9-,11-,12+/m0/s1. The molecule has 1 aliphatic carbocycles. The van der Waals surface area contributed by atoms with Crippen molar-refractivity contribution in [3.63, 3.8) is 0 Å². The number of ether oxygens (including phenoxy) is 1. The number of hydrogen-bond acceptors (Lipinski definition) is 6. The van der Waals surface area contributed by atoms with Crippen molar-refractivity contribution in [1.29, 1.82) is 0 Å². The first kappa shape index (κ1) is 20.5. The molecule has 0 spiro atoms. The third kappa shape index (κ3) is 4.28. The van der Waals surface area contributed by atoms with Crippen LogP contribution in [-0.4, -0.2) is 46.2 Å². The number of carbonyl (C=O) groups excluding carboxylic acids is 4. The Kier molecular flexibility index (Phi) is 6.20. The molecule has 3 amide bonds. The molecule has 150 valence electrons. The zero-order chi connectivity index (χ0) is 20.4. The molecule has 10 heteroatoms. The molecule has 0 bridgehead atoms. The minimum atomic E-state index is -1.17. The molecule has 0 radical (unpaired) electrons. The molecule has 8 nitrogen and oxygen atoms in total. The summed E-state index contributed by atoms with van der Waals surface area (Å²) >= 11 is 11.7. The van der Waals surface area contributed by atoms with Crippen LogP contribution in [0, 0.1) is 11.8 Å². The van der Waals surface area contributed by atoms with E-state index in [4.69, 9.17) is 27.9 Å². The van der Waals surface area contributed by atoms with Crippen molar-refractivity contribution < 1.29 is 23.9 Å². The van der Waals surface area contributed by atoms with E-state index < -0.39 is 24.5 Å². The molecule has 1 N–H and O–H groups in total. The Morgan fingerprint density at radius 1 is 1.25 bits per heavy atom. The number of hydrogen-bond donors (Lipinski definition) is 1. The fraction of sp³-hybridized carbons (Fsp3) is 0.500. The number of pyridine rings is 1. The van der Waals surface area contributed by atoms with Crippen LogP contribution in [0.2, 0.25) is 10.0 Å². The van der Waals surface area contributed by atoms with Gasteiger partial charge in [0.2, 0.25) is 11.8 Å². The first-order chi connectivity index (χ1) is 13.3. The number of halogens is 2. The van der Waals surface area contributed by atoms with Gasteiger partial charge in [0.05, 0.1) is 21.9 Å². The number of carbonyl (C=O) groups is 4. The third-order valence-corrected chi connectivity index (χ3v) is 5.44. The first-order valence-corrected chi connectivity index (χ1v) is 9.70. The van der Waals surface area contributed by atoms with E-state index in [-0.39, 0.29) is 34.5 Å². The molecular formula is C18H19Cl2N3O5. The number of likely N-dealkylation sites (tertiary alicyclic amines) is 1. The van der Waals surface area contributed by atoms with E-state index in [0.29, 0.717) is 17.9 Å². The van der Waals surface area contributed by atoms with Crippen LogP contribution in [0.3, 0.4) is 0 Å². The lowest BCUT2D eigenvalue weighted by Crippen LogP contribution is -2.39. The number of rotatable bonds is 5. The number of esters is 1. The molecule has 1 aromatic rings. The summed E-state index contributed by atoms with van der Waals surface area (Å²) in [6.45, 7) is 0.868. The zero-order valence-electron chi connectivity index (χ0n) is 15.1. The minimum absolute atomic E-state index is 0.0768. The van der Waals surface area contributed by atoms with Gasteiger partial charge >= 0.3 is 5.97 Å². The summed E-state index contributed by atoms with van der Waals surface area (Å²) in [6, 6.07) is 1.41. The van der Waals surface area contributed by atoms with Crippen LogP contribution in [0.15, 0.2) is 12.3 Å². The summed E-state index contributed by atoms with van der Waals surface area (Å²) in [4.78, 5) is 54.0. The Balaban J connectivity index is 1.56. The lowest BCUT2D eigenvalue weighted by atomic mass is 9.81. The zero-order valence-corrected chi connectivity index (χ0v) is 16.6. The quantitative estimate of drug-likeness (QED) is 0.571. The van der Waals surface area contributed by atoms with Gasteiger partial charge in [0.1, 0.15) is 6.54 Å². The maximum absolute atomic E-state index is 12.4. The predicted octanol–water partition coefficient (Wildman–Crippen LogP) is 2.43. The van der Waals surface area contributed by atoms with E-state index in [1.165, 1.54) is 19.2 Å². The van der Waals surface area contributed by atoms with Crippen LogP contribution >= 0.6 is 23.2 Å². The molecule has 2 aliphatic rings. The summed E-state index contributed by atoms with van der Waals surface area (Å²) in [5, 5.41) is 2.87. The fourth-order valence-electron chi connectivity index (χ4n) is 3.53. The Hall–Kier alpha value is -2.19. The van der Waals surface area contributed by atoms with Gasteiger partial charge in [-0.15, -0.1) is 0 Å². The third-order valence-electron chi connectivity index (χ3n) is 4.95. The van der Waals surface area contributed by atoms with Gasteiger partial charge in [-0.2, -0.15) is 0 Å². The number of amides is 3.